The molecule has 0 fully saturated rings. The van der Waals surface area contributed by atoms with E-state index in [1.807, 2.05) is 18.0 Å². The van der Waals surface area contributed by atoms with Crippen LogP contribution in [0.3, 0.4) is 0 Å². The summed E-state index contributed by atoms with van der Waals surface area (Å²) >= 11 is 1.86. The molecule has 0 aliphatic rings. The highest BCUT2D eigenvalue weighted by Gasteiger charge is 2.01. The Balaban J connectivity index is 2.58. The van der Waals surface area contributed by atoms with Crippen molar-refractivity contribution in [2.24, 2.45) is 5.73 Å². The van der Waals surface area contributed by atoms with E-state index in [1.54, 1.807) is 0 Å². The van der Waals surface area contributed by atoms with Crippen molar-refractivity contribution in [3.63, 3.8) is 0 Å². The van der Waals surface area contributed by atoms with Crippen LogP contribution in [0.1, 0.15) is 30.9 Å². The van der Waals surface area contributed by atoms with Crippen LogP contribution in [0, 0.1) is 6.92 Å². The van der Waals surface area contributed by atoms with Crippen LogP contribution in [0.15, 0.2) is 17.3 Å². The monoisotopic (exact) mass is 224 g/mol. The second-order valence-corrected chi connectivity index (χ2v) is 4.79. The molecule has 2 nitrogen and oxygen atoms in total. The summed E-state index contributed by atoms with van der Waals surface area (Å²) in [4.78, 5) is 4.48. The minimum absolute atomic E-state index is 0.698. The topological polar surface area (TPSA) is 38.9 Å². The summed E-state index contributed by atoms with van der Waals surface area (Å²) in [6.07, 6.45) is 5.38. The molecular formula is C12H20N2S. The number of unbranched alkanes of at least 4 members (excludes halogenated alkanes) is 1. The van der Waals surface area contributed by atoms with Gasteiger partial charge in [0.25, 0.3) is 0 Å². The largest absolute Gasteiger partial charge is 0.330 e. The third kappa shape index (κ3) is 4.22. The second kappa shape index (κ2) is 6.85. The number of hydrogen-bond acceptors (Lipinski definition) is 3. The molecule has 0 aliphatic heterocycles. The van der Waals surface area contributed by atoms with Gasteiger partial charge in [-0.2, -0.15) is 0 Å². The fraction of sp³-hybridized carbons (Fsp3) is 0.583. The van der Waals surface area contributed by atoms with Crippen LogP contribution in [-0.4, -0.2) is 17.3 Å². The minimum atomic E-state index is 0.698. The van der Waals surface area contributed by atoms with Crippen molar-refractivity contribution >= 4 is 11.8 Å². The summed E-state index contributed by atoms with van der Waals surface area (Å²) in [5.41, 5.74) is 8.04. The average Bonchev–Trinajstić information content (AvgIpc) is 2.22. The summed E-state index contributed by atoms with van der Waals surface area (Å²) in [5.74, 6) is 1.17. The molecule has 1 heterocycles. The summed E-state index contributed by atoms with van der Waals surface area (Å²) in [5, 5.41) is 1.17. The zero-order valence-electron chi connectivity index (χ0n) is 9.62. The van der Waals surface area contributed by atoms with Gasteiger partial charge in [-0.1, -0.05) is 19.4 Å². The highest BCUT2D eigenvalue weighted by Crippen LogP contribution is 2.21. The molecule has 3 heteroatoms. The third-order valence-corrected chi connectivity index (χ3v) is 3.45. The van der Waals surface area contributed by atoms with E-state index in [0.717, 1.165) is 6.42 Å². The van der Waals surface area contributed by atoms with Crippen molar-refractivity contribution in [2.45, 2.75) is 38.1 Å². The van der Waals surface area contributed by atoms with E-state index >= 15 is 0 Å². The Hall–Kier alpha value is -0.540. The highest BCUT2D eigenvalue weighted by atomic mass is 32.2. The Kier molecular flexibility index (Phi) is 5.73. The number of aromatic nitrogens is 1. The van der Waals surface area contributed by atoms with Crippen molar-refractivity contribution in [3.8, 4) is 0 Å². The molecule has 0 unspecified atom stereocenters. The smallest absolute Gasteiger partial charge is 0.0989 e. The molecule has 0 amide bonds. The van der Waals surface area contributed by atoms with E-state index in [1.165, 1.54) is 34.7 Å². The van der Waals surface area contributed by atoms with Gasteiger partial charge in [0.2, 0.25) is 0 Å². The molecule has 84 valence electrons. The van der Waals surface area contributed by atoms with E-state index in [0.29, 0.717) is 6.54 Å². The molecule has 0 aliphatic carbocycles. The number of rotatable bonds is 6. The first-order chi connectivity index (χ1) is 7.27. The molecule has 0 aromatic carbocycles. The summed E-state index contributed by atoms with van der Waals surface area (Å²) in [7, 11) is 0. The SMILES string of the molecule is CCCCSc1ncc(CCN)cc1C. The first kappa shape index (κ1) is 12.5. The van der Waals surface area contributed by atoms with Crippen LogP contribution in [0.25, 0.3) is 0 Å². The van der Waals surface area contributed by atoms with Gasteiger partial charge in [-0.05, 0) is 43.2 Å². The fourth-order valence-electron chi connectivity index (χ4n) is 1.39. The lowest BCUT2D eigenvalue weighted by molar-refractivity contribution is 0.892. The molecule has 1 rings (SSSR count). The van der Waals surface area contributed by atoms with Crippen LogP contribution in [0.4, 0.5) is 0 Å². The van der Waals surface area contributed by atoms with Gasteiger partial charge in [0.15, 0.2) is 0 Å². The van der Waals surface area contributed by atoms with Gasteiger partial charge >= 0.3 is 0 Å². The maximum absolute atomic E-state index is 5.51. The number of thioether (sulfide) groups is 1. The predicted octanol–water partition coefficient (Wildman–Crippen LogP) is 2.78. The minimum Gasteiger partial charge on any atom is -0.330 e. The molecule has 0 atom stereocenters. The van der Waals surface area contributed by atoms with E-state index in [-0.39, 0.29) is 0 Å². The Labute approximate surface area is 96.7 Å². The van der Waals surface area contributed by atoms with E-state index in [2.05, 4.69) is 24.9 Å². The third-order valence-electron chi connectivity index (χ3n) is 2.26. The quantitative estimate of drug-likeness (QED) is 0.596. The van der Waals surface area contributed by atoms with E-state index in [9.17, 15) is 0 Å². The summed E-state index contributed by atoms with van der Waals surface area (Å²) in [6.45, 7) is 5.04. The molecule has 0 bridgehead atoms. The number of aryl methyl sites for hydroxylation is 1. The van der Waals surface area contributed by atoms with Gasteiger partial charge < -0.3 is 5.73 Å². The Bertz CT molecular complexity index is 300. The number of pyridine rings is 1. The normalized spacial score (nSPS) is 10.6. The van der Waals surface area contributed by atoms with Gasteiger partial charge in [0.05, 0.1) is 5.03 Å². The zero-order chi connectivity index (χ0) is 11.1. The van der Waals surface area contributed by atoms with Gasteiger partial charge in [-0.15, -0.1) is 11.8 Å². The molecule has 0 saturated carbocycles. The highest BCUT2D eigenvalue weighted by molar-refractivity contribution is 7.99. The lowest BCUT2D eigenvalue weighted by Crippen LogP contribution is -2.03. The van der Waals surface area contributed by atoms with Gasteiger partial charge in [-0.3, -0.25) is 0 Å². The second-order valence-electron chi connectivity index (χ2n) is 3.71. The average molecular weight is 224 g/mol. The fourth-order valence-corrected chi connectivity index (χ4v) is 2.43. The molecule has 0 spiro atoms. The van der Waals surface area contributed by atoms with Crippen molar-refractivity contribution in [3.05, 3.63) is 23.4 Å². The van der Waals surface area contributed by atoms with Gasteiger partial charge in [0, 0.05) is 6.20 Å². The van der Waals surface area contributed by atoms with Crippen molar-refractivity contribution in [2.75, 3.05) is 12.3 Å². The van der Waals surface area contributed by atoms with Crippen molar-refractivity contribution in [1.82, 2.24) is 4.98 Å². The molecule has 1 aromatic rings. The van der Waals surface area contributed by atoms with Crippen LogP contribution in [0.5, 0.6) is 0 Å². The molecule has 2 N–H and O–H groups in total. The maximum Gasteiger partial charge on any atom is 0.0989 e. The molecular weight excluding hydrogens is 204 g/mol. The molecule has 15 heavy (non-hydrogen) atoms. The van der Waals surface area contributed by atoms with Crippen LogP contribution < -0.4 is 5.73 Å². The number of nitrogens with two attached hydrogens (primary N) is 1. The number of nitrogens with zero attached hydrogens (tertiary/aromatic N) is 1. The van der Waals surface area contributed by atoms with Crippen molar-refractivity contribution in [1.29, 1.82) is 0 Å². The zero-order valence-corrected chi connectivity index (χ0v) is 10.4. The summed E-state index contributed by atoms with van der Waals surface area (Å²) < 4.78 is 0. The molecule has 1 aromatic heterocycles. The summed E-state index contributed by atoms with van der Waals surface area (Å²) in [6, 6.07) is 2.20. The standard InChI is InChI=1S/C12H20N2S/c1-3-4-7-15-12-10(2)8-11(5-6-13)9-14-12/h8-9H,3-7,13H2,1-2H3. The van der Waals surface area contributed by atoms with Crippen LogP contribution >= 0.6 is 11.8 Å². The maximum atomic E-state index is 5.51. The van der Waals surface area contributed by atoms with Crippen LogP contribution in [-0.2, 0) is 6.42 Å². The first-order valence-corrected chi connectivity index (χ1v) is 6.55. The van der Waals surface area contributed by atoms with Crippen molar-refractivity contribution < 1.29 is 0 Å². The Morgan fingerprint density at radius 3 is 2.87 bits per heavy atom. The van der Waals surface area contributed by atoms with E-state index in [4.69, 9.17) is 5.73 Å². The van der Waals surface area contributed by atoms with E-state index < -0.39 is 0 Å². The molecule has 0 saturated heterocycles. The Morgan fingerprint density at radius 1 is 1.47 bits per heavy atom. The predicted molar refractivity (Wildman–Crippen MR) is 67.4 cm³/mol. The number of hydrogen-bond donors (Lipinski definition) is 1. The first-order valence-electron chi connectivity index (χ1n) is 5.56. The molecule has 0 radical (unpaired) electrons. The lowest BCUT2D eigenvalue weighted by Gasteiger charge is -2.06. The van der Waals surface area contributed by atoms with Gasteiger partial charge in [0.1, 0.15) is 0 Å². The van der Waals surface area contributed by atoms with Gasteiger partial charge in [-0.25, -0.2) is 4.98 Å². The van der Waals surface area contributed by atoms with Crippen LogP contribution in [0.2, 0.25) is 0 Å². The lowest BCUT2D eigenvalue weighted by atomic mass is 10.2. The Morgan fingerprint density at radius 2 is 2.27 bits per heavy atom.